The summed E-state index contributed by atoms with van der Waals surface area (Å²) in [6, 6.07) is 0. The van der Waals surface area contributed by atoms with Gasteiger partial charge in [-0.1, -0.05) is 149 Å². The minimum atomic E-state index is -2.82. The largest absolute Gasteiger partial charge is 0.462 e. The Morgan fingerprint density at radius 1 is 0.379 bits per heavy atom. The average Bonchev–Trinajstić information content (AvgIpc) is 0.788. The van der Waals surface area contributed by atoms with Crippen LogP contribution in [-0.2, 0) is 75.6 Å². The third-order valence-electron chi connectivity index (χ3n) is 28.6. The molecule has 0 bridgehead atoms. The van der Waals surface area contributed by atoms with Gasteiger partial charge in [0.25, 0.3) is 0 Å². The summed E-state index contributed by atoms with van der Waals surface area (Å²) in [7, 11) is -2.82. The van der Waals surface area contributed by atoms with Crippen LogP contribution in [0.4, 0.5) is 0 Å². The van der Waals surface area contributed by atoms with Crippen LogP contribution in [0.1, 0.15) is 265 Å². The fourth-order valence-electron chi connectivity index (χ4n) is 20.8. The van der Waals surface area contributed by atoms with Gasteiger partial charge in [-0.25, -0.2) is 0 Å². The van der Waals surface area contributed by atoms with Crippen LogP contribution in [0.3, 0.4) is 0 Å². The third kappa shape index (κ3) is 24.1. The van der Waals surface area contributed by atoms with Crippen LogP contribution < -0.4 is 0 Å². The summed E-state index contributed by atoms with van der Waals surface area (Å²) in [4.78, 5) is 88.9. The summed E-state index contributed by atoms with van der Waals surface area (Å²) in [5.41, 5.74) is 3.47. The van der Waals surface area contributed by atoms with Crippen LogP contribution in [0, 0.1) is 111 Å². The first kappa shape index (κ1) is 92.5. The molecule has 4 aliphatic heterocycles. The highest BCUT2D eigenvalue weighted by Crippen LogP contribution is 2.51. The second-order valence-electron chi connectivity index (χ2n) is 40.0. The molecular formula is C96H146O19Si. The van der Waals surface area contributed by atoms with Crippen molar-refractivity contribution >= 4 is 50.3 Å². The van der Waals surface area contributed by atoms with Crippen molar-refractivity contribution in [2.75, 3.05) is 0 Å². The smallest absolute Gasteiger partial charge is 0.332 e. The number of allylic oxidation sites excluding steroid dienone is 12. The van der Waals surface area contributed by atoms with Crippen molar-refractivity contribution in [2.45, 2.75) is 352 Å². The number of rotatable bonds is 25. The normalized spacial score (nSPS) is 37.6. The number of cyclic esters (lactones) is 4. The number of aliphatic hydroxyl groups is 3. The Kier molecular flexibility index (Phi) is 31.8. The molecule has 0 amide bonds. The molecule has 0 spiro atoms. The van der Waals surface area contributed by atoms with E-state index in [-0.39, 0.29) is 176 Å². The SMILES string of the molecule is CCC(C)(C)C(=O)O[C@H]1C[C@@H](C)C=C2C=C[C@H](C)[C@H](CC[C@@H]3C[C@@H](O)CC(=O)O3)[C@H]21.CCC(C)(C)C(=O)O[C@H]1C[C@@H](C)C=C2C=C[C@H](C)[C@H](CC[C@H]3C[C@H](O[Si](C)(C)O[C@H]4CC(=O)O[C@H](CC[C@@H]5[C@@H]6C(=C[C@H](C)C[C@@H]6OC(=O)C(C)(C)CC)C=C[C@@H]5C)C4)CC(=O)O3)C21.C[C@H]1C=C2C=C[C@H](C)[C@H](CC[C@@H]3C[C@@H](O)CC(=O)O3)[C@H]2[C@@H](O)C1. The molecular weight excluding hydrogens is 1490 g/mol. The first-order valence-electron chi connectivity index (χ1n) is 45.0. The first-order chi connectivity index (χ1) is 54.6. The quantitative estimate of drug-likeness (QED) is 0.0436. The molecule has 0 aromatic heterocycles. The lowest BCUT2D eigenvalue weighted by Crippen LogP contribution is -2.48. The number of ether oxygens (including phenoxy) is 7. The van der Waals surface area contributed by atoms with Gasteiger partial charge in [0.1, 0.15) is 42.7 Å². The molecule has 12 aliphatic rings. The molecule has 28 atom stereocenters. The second-order valence-corrected chi connectivity index (χ2v) is 43.2. The fraction of sp³-hybridized carbons (Fsp3) is 0.760. The van der Waals surface area contributed by atoms with E-state index in [1.807, 2.05) is 75.4 Å². The highest BCUT2D eigenvalue weighted by atomic mass is 28.4. The van der Waals surface area contributed by atoms with E-state index >= 15 is 0 Å². The zero-order chi connectivity index (χ0) is 84.6. The summed E-state index contributed by atoms with van der Waals surface area (Å²) >= 11 is 0. The summed E-state index contributed by atoms with van der Waals surface area (Å²) < 4.78 is 55.0. The van der Waals surface area contributed by atoms with Crippen LogP contribution in [0.25, 0.3) is 0 Å². The Morgan fingerprint density at radius 3 is 0.922 bits per heavy atom. The van der Waals surface area contributed by atoms with Crippen molar-refractivity contribution in [2.24, 2.45) is 111 Å². The van der Waals surface area contributed by atoms with E-state index in [0.29, 0.717) is 98.7 Å². The number of esters is 7. The minimum absolute atomic E-state index is 0.0949. The van der Waals surface area contributed by atoms with Crippen LogP contribution in [0.5, 0.6) is 0 Å². The average molecular weight is 1630 g/mol. The summed E-state index contributed by atoms with van der Waals surface area (Å²) in [6.45, 7) is 39.4. The standard InChI is InChI=1S/C52H80O10Si.C25H38O5.C19H28O4/c1-13-51(7,8)49(55)59-43-25-31(3)23-35-17-15-33(5)41(47(35)43)21-19-37-27-39(29-45(53)57-37)61-63(11,12)62-40-28-38(58-46(54)30-40)20-22-42-34(6)16-18-36-24-32(4)26-44(48(36)42)60-50(56)52(9,10)14-2;1-6-25(4,5)24(28)30-21-12-15(2)11-17-8-7-16(3)20(23(17)21)10-9-19-13-18(26)14-22(27)29-19;1-11-7-13-4-3-12(2)16(19(13)17(21)8-11)6-5-15-9-14(20)10-18(22)23-15/h15-18,23-24,31-34,37-44,47-48H,13-14,19-22,25-30H2,1-12H3;7-8,11,15-16,18-21,23,26H,6,9-10,12-14H2,1-5H3;3-4,7,11-12,14-17,19-21H,5-6,8-10H2,1-2H3/t31-,32-,33-,34-,37-,38+,39-,40+,41-,42-,43-,44-,47?,48-;15-,16-,18+,19+,20-,21-,23-;11-,12-,14+,15+,16-,17-,19-/m000/s1. The van der Waals surface area contributed by atoms with Crippen molar-refractivity contribution in [1.29, 1.82) is 0 Å². The van der Waals surface area contributed by atoms with E-state index < -0.39 is 37.0 Å². The Hall–Kier alpha value is -5.77. The van der Waals surface area contributed by atoms with Gasteiger partial charge in [0.05, 0.1) is 72.4 Å². The molecule has 4 saturated heterocycles. The molecule has 3 N–H and O–H groups in total. The van der Waals surface area contributed by atoms with E-state index in [4.69, 9.17) is 42.0 Å². The maximum absolute atomic E-state index is 13.3. The lowest BCUT2D eigenvalue weighted by Gasteiger charge is -2.44. The molecule has 8 aliphatic carbocycles. The van der Waals surface area contributed by atoms with Crippen molar-refractivity contribution in [3.63, 3.8) is 0 Å². The molecule has 19 nitrogen and oxygen atoms in total. The molecule has 0 aromatic rings. The fourth-order valence-corrected chi connectivity index (χ4v) is 22.8. The lowest BCUT2D eigenvalue weighted by molar-refractivity contribution is -0.166. The zero-order valence-corrected chi connectivity index (χ0v) is 74.7. The van der Waals surface area contributed by atoms with E-state index in [1.165, 1.54) is 22.3 Å². The number of hydrogen-bond acceptors (Lipinski definition) is 19. The van der Waals surface area contributed by atoms with Crippen LogP contribution in [0.15, 0.2) is 95.2 Å². The van der Waals surface area contributed by atoms with E-state index in [1.54, 1.807) is 0 Å². The number of aliphatic hydroxyl groups excluding tert-OH is 3. The topological polar surface area (TPSA) is 263 Å². The van der Waals surface area contributed by atoms with Gasteiger partial charge in [-0.2, -0.15) is 0 Å². The Morgan fingerprint density at radius 2 is 0.638 bits per heavy atom. The molecule has 1 unspecified atom stereocenters. The molecule has 648 valence electrons. The van der Waals surface area contributed by atoms with Crippen LogP contribution in [0.2, 0.25) is 13.1 Å². The molecule has 4 heterocycles. The van der Waals surface area contributed by atoms with Gasteiger partial charge in [0.2, 0.25) is 0 Å². The predicted octanol–water partition coefficient (Wildman–Crippen LogP) is 18.1. The highest BCUT2D eigenvalue weighted by Gasteiger charge is 2.50. The summed E-state index contributed by atoms with van der Waals surface area (Å²) in [6.07, 6.45) is 38.0. The van der Waals surface area contributed by atoms with Gasteiger partial charge in [-0.15, -0.1) is 0 Å². The second kappa shape index (κ2) is 39.8. The van der Waals surface area contributed by atoms with Gasteiger partial charge in [-0.05, 0) is 244 Å². The molecule has 0 saturated carbocycles. The first-order valence-corrected chi connectivity index (χ1v) is 47.8. The predicted molar refractivity (Wildman–Crippen MR) is 449 cm³/mol. The summed E-state index contributed by atoms with van der Waals surface area (Å²) in [5.74, 6) is 2.95. The number of carbonyl (C=O) groups is 7. The number of carbonyl (C=O) groups excluding carboxylic acids is 7. The van der Waals surface area contributed by atoms with Crippen LogP contribution in [-0.4, -0.2) is 139 Å². The summed E-state index contributed by atoms with van der Waals surface area (Å²) in [5, 5.41) is 30.2. The van der Waals surface area contributed by atoms with E-state index in [0.717, 1.165) is 70.6 Å². The van der Waals surface area contributed by atoms with Gasteiger partial charge < -0.3 is 57.3 Å². The zero-order valence-electron chi connectivity index (χ0n) is 73.7. The molecule has 0 radical (unpaired) electrons. The van der Waals surface area contributed by atoms with Gasteiger partial charge in [0, 0.05) is 49.4 Å². The maximum Gasteiger partial charge on any atom is 0.332 e. The van der Waals surface area contributed by atoms with Crippen molar-refractivity contribution in [3.05, 3.63) is 95.2 Å². The van der Waals surface area contributed by atoms with Gasteiger partial charge >= 0.3 is 50.3 Å². The lowest BCUT2D eigenvalue weighted by atomic mass is 9.65. The molecule has 116 heavy (non-hydrogen) atoms. The van der Waals surface area contributed by atoms with Gasteiger partial charge in [0.15, 0.2) is 0 Å². The molecule has 20 heteroatoms. The van der Waals surface area contributed by atoms with Crippen molar-refractivity contribution < 1.29 is 90.9 Å². The Bertz CT molecular complexity index is 3560. The van der Waals surface area contributed by atoms with Crippen LogP contribution >= 0.6 is 0 Å². The molecule has 12 rings (SSSR count). The van der Waals surface area contributed by atoms with Crippen molar-refractivity contribution in [1.82, 2.24) is 0 Å². The minimum Gasteiger partial charge on any atom is -0.462 e. The third-order valence-corrected chi connectivity index (χ3v) is 30.4. The van der Waals surface area contributed by atoms with E-state index in [9.17, 15) is 48.9 Å². The number of fused-ring (bicyclic) bond motifs is 4. The van der Waals surface area contributed by atoms with Crippen molar-refractivity contribution in [3.8, 4) is 0 Å². The van der Waals surface area contributed by atoms with Gasteiger partial charge in [-0.3, -0.25) is 33.6 Å². The molecule has 4 fully saturated rings. The maximum atomic E-state index is 13.3. The molecule has 0 aromatic carbocycles. The Labute approximate surface area is 695 Å². The van der Waals surface area contributed by atoms with E-state index in [2.05, 4.69) is 128 Å². The highest BCUT2D eigenvalue weighted by molar-refractivity contribution is 6.64. The number of hydrogen-bond donors (Lipinski definition) is 3. The monoisotopic (exact) mass is 1630 g/mol. The Balaban J connectivity index is 0.000000219.